The largest absolute Gasteiger partial charge is 0.458 e. The summed E-state index contributed by atoms with van der Waals surface area (Å²) in [4.78, 5) is 25.4. The van der Waals surface area contributed by atoms with Crippen molar-refractivity contribution in [3.63, 3.8) is 0 Å². The first-order chi connectivity index (χ1) is 11.7. The molecular weight excluding hydrogens is 318 g/mol. The quantitative estimate of drug-likeness (QED) is 0.716. The predicted octanol–water partition coefficient (Wildman–Crippen LogP) is 2.94. The van der Waals surface area contributed by atoms with Crippen LogP contribution in [0.4, 0.5) is 0 Å². The van der Waals surface area contributed by atoms with Gasteiger partial charge in [0.05, 0.1) is 11.5 Å². The Hall–Kier alpha value is -1.57. The van der Waals surface area contributed by atoms with Crippen molar-refractivity contribution >= 4 is 11.9 Å². The average Bonchev–Trinajstić information content (AvgIpc) is 2.83. The number of carbonyl (C=O) groups is 2. The van der Waals surface area contributed by atoms with Gasteiger partial charge in [0, 0.05) is 11.8 Å². The molecule has 4 aliphatic rings. The van der Waals surface area contributed by atoms with Crippen LogP contribution < -0.4 is 0 Å². The summed E-state index contributed by atoms with van der Waals surface area (Å²) in [6.45, 7) is 10.3. The minimum absolute atomic E-state index is 0.0757. The molecule has 0 aromatic carbocycles. The Morgan fingerprint density at radius 1 is 1.40 bits per heavy atom. The van der Waals surface area contributed by atoms with Gasteiger partial charge in [-0.2, -0.15) is 5.26 Å². The molecule has 5 nitrogen and oxygen atoms in total. The zero-order valence-electron chi connectivity index (χ0n) is 15.6. The van der Waals surface area contributed by atoms with Crippen LogP contribution in [0.3, 0.4) is 0 Å². The number of esters is 2. The van der Waals surface area contributed by atoms with Crippen molar-refractivity contribution in [1.29, 1.82) is 5.26 Å². The first kappa shape index (κ1) is 16.9. The Morgan fingerprint density at radius 3 is 2.64 bits per heavy atom. The highest BCUT2D eigenvalue weighted by molar-refractivity contribution is 5.85. The molecule has 1 heterocycles. The molecule has 1 saturated heterocycles. The zero-order valence-corrected chi connectivity index (χ0v) is 15.6. The maximum atomic E-state index is 13.1. The lowest BCUT2D eigenvalue weighted by Crippen LogP contribution is -2.42. The summed E-state index contributed by atoms with van der Waals surface area (Å²) in [6.07, 6.45) is 0.573. The van der Waals surface area contributed by atoms with Gasteiger partial charge >= 0.3 is 11.9 Å². The van der Waals surface area contributed by atoms with Crippen molar-refractivity contribution in [2.75, 3.05) is 0 Å². The van der Waals surface area contributed by atoms with Crippen LogP contribution in [0.15, 0.2) is 0 Å². The van der Waals surface area contributed by atoms with Crippen molar-refractivity contribution in [2.24, 2.45) is 46.3 Å². The number of hydrogen-bond acceptors (Lipinski definition) is 5. The molecule has 136 valence electrons. The molecule has 4 fully saturated rings. The Bertz CT molecular complexity index is 680. The topological polar surface area (TPSA) is 76.4 Å². The molecule has 0 radical (unpaired) electrons. The highest BCUT2D eigenvalue weighted by atomic mass is 16.6. The van der Waals surface area contributed by atoms with Crippen LogP contribution in [-0.2, 0) is 19.1 Å². The predicted molar refractivity (Wildman–Crippen MR) is 88.8 cm³/mol. The van der Waals surface area contributed by atoms with E-state index in [1.54, 1.807) is 0 Å². The van der Waals surface area contributed by atoms with Crippen LogP contribution in [-0.4, -0.2) is 24.1 Å². The third kappa shape index (κ3) is 1.94. The zero-order chi connectivity index (χ0) is 18.3. The number of carbonyl (C=O) groups excluding carboxylic acids is 2. The molecule has 0 N–H and O–H groups in total. The van der Waals surface area contributed by atoms with Crippen molar-refractivity contribution in [1.82, 2.24) is 0 Å². The van der Waals surface area contributed by atoms with Gasteiger partial charge in [-0.1, -0.05) is 27.7 Å². The fourth-order valence-corrected chi connectivity index (χ4v) is 5.99. The summed E-state index contributed by atoms with van der Waals surface area (Å²) in [6, 6.07) is 2.24. The molecule has 4 rings (SSSR count). The first-order valence-corrected chi connectivity index (χ1v) is 9.51. The fraction of sp³-hybridized carbons (Fsp3) is 0.850. The second-order valence-corrected chi connectivity index (χ2v) is 9.54. The van der Waals surface area contributed by atoms with Crippen LogP contribution in [0.5, 0.6) is 0 Å². The SMILES string of the molecule is CC(C)CC(C)(C(=O)OC1C2OC(=O)C3(C#N)CC4C1C4C23)C(C)C. The molecule has 8 atom stereocenters. The molecule has 5 heteroatoms. The Morgan fingerprint density at radius 2 is 2.08 bits per heavy atom. The summed E-state index contributed by atoms with van der Waals surface area (Å²) in [5, 5.41) is 9.58. The van der Waals surface area contributed by atoms with E-state index in [2.05, 4.69) is 33.8 Å². The van der Waals surface area contributed by atoms with E-state index in [1.807, 2.05) is 6.92 Å². The number of nitriles is 1. The summed E-state index contributed by atoms with van der Waals surface area (Å²) in [7, 11) is 0. The van der Waals surface area contributed by atoms with Gasteiger partial charge in [-0.3, -0.25) is 9.59 Å². The molecule has 25 heavy (non-hydrogen) atoms. The maximum Gasteiger partial charge on any atom is 0.327 e. The second kappa shape index (κ2) is 4.99. The first-order valence-electron chi connectivity index (χ1n) is 9.51. The standard InChI is InChI=1S/C20H27NO4/c1-9(2)6-19(5,10(3)4)17(22)24-15-13-11-7-20(8-21)14(12(11)13)16(15)25-18(20)23/h9-16H,6-7H2,1-5H3. The Kier molecular flexibility index (Phi) is 3.37. The van der Waals surface area contributed by atoms with E-state index in [4.69, 9.17) is 9.47 Å². The minimum atomic E-state index is -0.975. The van der Waals surface area contributed by atoms with Crippen molar-refractivity contribution < 1.29 is 19.1 Å². The van der Waals surface area contributed by atoms with E-state index in [1.165, 1.54) is 0 Å². The van der Waals surface area contributed by atoms with Crippen LogP contribution in [0, 0.1) is 57.7 Å². The highest BCUT2D eigenvalue weighted by Gasteiger charge is 2.84. The lowest BCUT2D eigenvalue weighted by atomic mass is 9.73. The van der Waals surface area contributed by atoms with Gasteiger partial charge in [0.2, 0.25) is 0 Å². The molecule has 0 spiro atoms. The van der Waals surface area contributed by atoms with E-state index >= 15 is 0 Å². The van der Waals surface area contributed by atoms with Gasteiger partial charge in [-0.25, -0.2) is 0 Å². The monoisotopic (exact) mass is 345 g/mol. The van der Waals surface area contributed by atoms with Crippen LogP contribution in [0.1, 0.15) is 47.5 Å². The number of rotatable bonds is 5. The highest BCUT2D eigenvalue weighted by Crippen LogP contribution is 2.77. The third-order valence-electron chi connectivity index (χ3n) is 7.51. The minimum Gasteiger partial charge on any atom is -0.458 e. The smallest absolute Gasteiger partial charge is 0.327 e. The van der Waals surface area contributed by atoms with E-state index in [9.17, 15) is 14.9 Å². The van der Waals surface area contributed by atoms with Crippen molar-refractivity contribution in [3.05, 3.63) is 0 Å². The lowest BCUT2D eigenvalue weighted by molar-refractivity contribution is -0.176. The molecule has 0 amide bonds. The average molecular weight is 345 g/mol. The van der Waals surface area contributed by atoms with E-state index in [0.29, 0.717) is 24.2 Å². The molecule has 0 bridgehead atoms. The lowest BCUT2D eigenvalue weighted by Gasteiger charge is -2.35. The molecule has 0 aromatic heterocycles. The van der Waals surface area contributed by atoms with E-state index in [-0.39, 0.29) is 29.8 Å². The number of ether oxygens (including phenoxy) is 2. The third-order valence-corrected chi connectivity index (χ3v) is 7.51. The fourth-order valence-electron chi connectivity index (χ4n) is 5.99. The number of fused-ring (bicyclic) bond motifs is 1. The Balaban J connectivity index is 1.56. The van der Waals surface area contributed by atoms with Gasteiger partial charge in [0.15, 0.2) is 5.41 Å². The molecule has 1 aliphatic heterocycles. The summed E-state index contributed by atoms with van der Waals surface area (Å²) < 4.78 is 11.6. The van der Waals surface area contributed by atoms with Crippen LogP contribution in [0.2, 0.25) is 0 Å². The molecule has 3 saturated carbocycles. The van der Waals surface area contributed by atoms with Crippen LogP contribution >= 0.6 is 0 Å². The Labute approximate surface area is 149 Å². The number of hydrogen-bond donors (Lipinski definition) is 0. The van der Waals surface area contributed by atoms with Gasteiger partial charge in [0.1, 0.15) is 12.2 Å². The normalized spacial score (nSPS) is 45.1. The number of nitrogens with zero attached hydrogens (tertiary/aromatic N) is 1. The van der Waals surface area contributed by atoms with Crippen molar-refractivity contribution in [3.8, 4) is 6.07 Å². The van der Waals surface area contributed by atoms with E-state index < -0.39 is 22.9 Å². The summed E-state index contributed by atoms with van der Waals surface area (Å²) >= 11 is 0. The maximum absolute atomic E-state index is 13.1. The molecule has 3 aliphatic carbocycles. The van der Waals surface area contributed by atoms with Gasteiger partial charge < -0.3 is 9.47 Å². The summed E-state index contributed by atoms with van der Waals surface area (Å²) in [5.74, 6) is 0.858. The molecular formula is C20H27NO4. The molecule has 8 unspecified atom stereocenters. The van der Waals surface area contributed by atoms with Crippen LogP contribution in [0.25, 0.3) is 0 Å². The van der Waals surface area contributed by atoms with Gasteiger partial charge in [-0.15, -0.1) is 0 Å². The van der Waals surface area contributed by atoms with Gasteiger partial charge in [-0.05, 0) is 43.4 Å². The summed E-state index contributed by atoms with van der Waals surface area (Å²) in [5.41, 5.74) is -1.52. The van der Waals surface area contributed by atoms with Crippen molar-refractivity contribution in [2.45, 2.75) is 59.7 Å². The second-order valence-electron chi connectivity index (χ2n) is 9.54. The van der Waals surface area contributed by atoms with Gasteiger partial charge in [0.25, 0.3) is 0 Å². The van der Waals surface area contributed by atoms with E-state index in [0.717, 1.165) is 6.42 Å². The molecule has 0 aromatic rings.